The molecule has 22 heavy (non-hydrogen) atoms. The number of nitrogens with zero attached hydrogens (tertiary/aromatic N) is 1. The van der Waals surface area contributed by atoms with Crippen molar-refractivity contribution in [3.05, 3.63) is 46.2 Å². The second-order valence-corrected chi connectivity index (χ2v) is 7.24. The molecule has 0 aliphatic carbocycles. The average molecular weight is 332 g/mol. The van der Waals surface area contributed by atoms with E-state index in [-0.39, 0.29) is 5.91 Å². The molecule has 2 aromatic rings. The largest absolute Gasteiger partial charge is 0.325 e. The normalized spacial score (nSPS) is 14.6. The van der Waals surface area contributed by atoms with Crippen molar-refractivity contribution < 1.29 is 4.79 Å². The fourth-order valence-corrected chi connectivity index (χ4v) is 4.16. The molecule has 3 rings (SSSR count). The molecule has 0 radical (unpaired) electrons. The van der Waals surface area contributed by atoms with Gasteiger partial charge in [-0.25, -0.2) is 0 Å². The molecule has 1 aromatic heterocycles. The van der Waals surface area contributed by atoms with E-state index in [0.717, 1.165) is 36.6 Å². The summed E-state index contributed by atoms with van der Waals surface area (Å²) in [6.07, 6.45) is 3.68. The number of fused-ring (bicyclic) bond motifs is 1. The monoisotopic (exact) mass is 332 g/mol. The third-order valence-corrected chi connectivity index (χ3v) is 5.74. The summed E-state index contributed by atoms with van der Waals surface area (Å²) in [5.74, 6) is 0.0950. The Morgan fingerprint density at radius 3 is 3.09 bits per heavy atom. The van der Waals surface area contributed by atoms with Gasteiger partial charge in [-0.1, -0.05) is 12.1 Å². The van der Waals surface area contributed by atoms with Crippen molar-refractivity contribution in [3.8, 4) is 0 Å². The lowest BCUT2D eigenvalue weighted by molar-refractivity contribution is -0.116. The summed E-state index contributed by atoms with van der Waals surface area (Å²) < 4.78 is 0. The van der Waals surface area contributed by atoms with E-state index < -0.39 is 0 Å². The van der Waals surface area contributed by atoms with Crippen LogP contribution in [0.5, 0.6) is 0 Å². The Labute approximate surface area is 139 Å². The molecule has 3 nitrogen and oxygen atoms in total. The Morgan fingerprint density at radius 1 is 1.36 bits per heavy atom. The van der Waals surface area contributed by atoms with Gasteiger partial charge in [0.05, 0.1) is 5.69 Å². The molecule has 1 amide bonds. The first-order valence-corrected chi connectivity index (χ1v) is 9.57. The van der Waals surface area contributed by atoms with Crippen LogP contribution in [0.4, 0.5) is 5.69 Å². The van der Waals surface area contributed by atoms with Crippen LogP contribution in [0.25, 0.3) is 0 Å². The predicted octanol–water partition coefficient (Wildman–Crippen LogP) is 3.86. The maximum Gasteiger partial charge on any atom is 0.225 e. The maximum absolute atomic E-state index is 12.2. The number of rotatable bonds is 5. The van der Waals surface area contributed by atoms with Crippen LogP contribution in [-0.2, 0) is 17.8 Å². The Kier molecular flexibility index (Phi) is 5.18. The Hall–Kier alpha value is -1.30. The van der Waals surface area contributed by atoms with Crippen molar-refractivity contribution in [3.63, 3.8) is 0 Å². The van der Waals surface area contributed by atoms with Gasteiger partial charge in [0, 0.05) is 35.8 Å². The number of benzene rings is 1. The van der Waals surface area contributed by atoms with Crippen LogP contribution in [-0.4, -0.2) is 30.2 Å². The minimum absolute atomic E-state index is 0.0950. The average Bonchev–Trinajstić information content (AvgIpc) is 3.01. The van der Waals surface area contributed by atoms with Crippen LogP contribution in [0.15, 0.2) is 40.6 Å². The molecular weight excluding hydrogens is 312 g/mol. The van der Waals surface area contributed by atoms with Crippen molar-refractivity contribution in [2.75, 3.05) is 24.7 Å². The summed E-state index contributed by atoms with van der Waals surface area (Å²) in [5, 5.41) is 5.20. The molecule has 0 unspecified atom stereocenters. The van der Waals surface area contributed by atoms with Gasteiger partial charge >= 0.3 is 0 Å². The van der Waals surface area contributed by atoms with E-state index in [4.69, 9.17) is 0 Å². The van der Waals surface area contributed by atoms with Gasteiger partial charge in [-0.05, 0) is 41.8 Å². The summed E-state index contributed by atoms with van der Waals surface area (Å²) in [7, 11) is 0. The van der Waals surface area contributed by atoms with E-state index in [0.29, 0.717) is 6.42 Å². The zero-order chi connectivity index (χ0) is 15.4. The fraction of sp³-hybridized carbons (Fsp3) is 0.353. The van der Waals surface area contributed by atoms with Gasteiger partial charge in [0.1, 0.15) is 0 Å². The molecule has 1 aliphatic rings. The molecule has 0 spiro atoms. The van der Waals surface area contributed by atoms with Crippen LogP contribution < -0.4 is 5.32 Å². The van der Waals surface area contributed by atoms with Crippen LogP contribution in [0, 0.1) is 0 Å². The number of carbonyl (C=O) groups excluding carboxylic acids is 1. The second-order valence-electron chi connectivity index (χ2n) is 5.39. The minimum atomic E-state index is 0.0950. The number of hydrogen-bond donors (Lipinski definition) is 1. The summed E-state index contributed by atoms with van der Waals surface area (Å²) in [4.78, 5) is 17.2. The predicted molar refractivity (Wildman–Crippen MR) is 94.8 cm³/mol. The summed E-state index contributed by atoms with van der Waals surface area (Å²) in [6.45, 7) is 2.86. The first-order valence-electron chi connectivity index (χ1n) is 7.47. The van der Waals surface area contributed by atoms with Gasteiger partial charge in [-0.3, -0.25) is 9.69 Å². The van der Waals surface area contributed by atoms with E-state index in [1.54, 1.807) is 11.8 Å². The summed E-state index contributed by atoms with van der Waals surface area (Å²) >= 11 is 3.50. The van der Waals surface area contributed by atoms with E-state index >= 15 is 0 Å². The molecular formula is C17H20N2OS2. The van der Waals surface area contributed by atoms with Crippen molar-refractivity contribution >= 4 is 34.7 Å². The van der Waals surface area contributed by atoms with Crippen molar-refractivity contribution in [2.24, 2.45) is 0 Å². The van der Waals surface area contributed by atoms with Crippen LogP contribution in [0.2, 0.25) is 0 Å². The molecule has 5 heteroatoms. The first kappa shape index (κ1) is 15.6. The molecule has 0 saturated carbocycles. The fourth-order valence-electron chi connectivity index (χ4n) is 2.72. The van der Waals surface area contributed by atoms with Crippen molar-refractivity contribution in [1.29, 1.82) is 0 Å². The van der Waals surface area contributed by atoms with Gasteiger partial charge in [-0.2, -0.15) is 0 Å². The smallest absolute Gasteiger partial charge is 0.225 e. The molecule has 0 atom stereocenters. The van der Waals surface area contributed by atoms with E-state index in [1.165, 1.54) is 10.4 Å². The van der Waals surface area contributed by atoms with Gasteiger partial charge < -0.3 is 5.32 Å². The highest BCUT2D eigenvalue weighted by atomic mass is 32.2. The number of thioether (sulfide) groups is 1. The highest BCUT2D eigenvalue weighted by Crippen LogP contribution is 2.25. The molecule has 0 saturated heterocycles. The lowest BCUT2D eigenvalue weighted by Crippen LogP contribution is -2.32. The molecule has 0 bridgehead atoms. The topological polar surface area (TPSA) is 32.3 Å². The van der Waals surface area contributed by atoms with Crippen molar-refractivity contribution in [1.82, 2.24) is 4.90 Å². The molecule has 0 fully saturated rings. The Bertz CT molecular complexity index is 654. The molecule has 1 aromatic carbocycles. The third-order valence-electron chi connectivity index (χ3n) is 3.92. The third kappa shape index (κ3) is 3.72. The van der Waals surface area contributed by atoms with Gasteiger partial charge in [0.25, 0.3) is 0 Å². The molecule has 1 N–H and O–H groups in total. The number of anilines is 1. The summed E-state index contributed by atoms with van der Waals surface area (Å²) in [5.41, 5.74) is 2.35. The zero-order valence-corrected chi connectivity index (χ0v) is 14.3. The van der Waals surface area contributed by atoms with Gasteiger partial charge in [-0.15, -0.1) is 23.1 Å². The van der Waals surface area contributed by atoms with Gasteiger partial charge in [0.15, 0.2) is 0 Å². The molecule has 1 aliphatic heterocycles. The number of para-hydroxylation sites is 1. The van der Waals surface area contributed by atoms with Crippen LogP contribution in [0.3, 0.4) is 0 Å². The second kappa shape index (κ2) is 7.31. The first-order chi connectivity index (χ1) is 10.8. The van der Waals surface area contributed by atoms with E-state index in [9.17, 15) is 4.79 Å². The summed E-state index contributed by atoms with van der Waals surface area (Å²) in [6, 6.07) is 10.2. The lowest BCUT2D eigenvalue weighted by Gasteiger charge is -2.26. The molecule has 2 heterocycles. The Morgan fingerprint density at radius 2 is 2.23 bits per heavy atom. The SMILES string of the molecule is CSc1ccccc1NC(=O)CCN1CCc2sccc2C1. The standard InChI is InChI=1S/C17H20N2OS2/c1-21-16-5-3-2-4-14(16)18-17(20)7-10-19-9-6-15-13(12-19)8-11-22-15/h2-5,8,11H,6-7,9-10,12H2,1H3,(H,18,20). The maximum atomic E-state index is 12.2. The quantitative estimate of drug-likeness (QED) is 0.844. The van der Waals surface area contributed by atoms with Crippen LogP contribution >= 0.6 is 23.1 Å². The Balaban J connectivity index is 1.51. The highest BCUT2D eigenvalue weighted by molar-refractivity contribution is 7.98. The zero-order valence-electron chi connectivity index (χ0n) is 12.7. The van der Waals surface area contributed by atoms with Crippen LogP contribution in [0.1, 0.15) is 16.9 Å². The van der Waals surface area contributed by atoms with E-state index in [2.05, 4.69) is 21.7 Å². The number of amides is 1. The van der Waals surface area contributed by atoms with E-state index in [1.807, 2.05) is 41.9 Å². The van der Waals surface area contributed by atoms with Gasteiger partial charge in [0.2, 0.25) is 5.91 Å². The minimum Gasteiger partial charge on any atom is -0.325 e. The number of nitrogens with one attached hydrogen (secondary N) is 1. The number of hydrogen-bond acceptors (Lipinski definition) is 4. The lowest BCUT2D eigenvalue weighted by atomic mass is 10.1. The highest BCUT2D eigenvalue weighted by Gasteiger charge is 2.17. The number of carbonyl (C=O) groups is 1. The number of thiophene rings is 1. The molecule has 116 valence electrons. The van der Waals surface area contributed by atoms with Crippen molar-refractivity contribution in [2.45, 2.75) is 24.3 Å².